The normalized spacial score (nSPS) is 11.7. The zero-order chi connectivity index (χ0) is 22.7. The first-order valence-electron chi connectivity index (χ1n) is 10.1. The number of hydrogen-bond acceptors (Lipinski definition) is 8. The third-order valence-corrected chi connectivity index (χ3v) is 5.65. The number of thiazole rings is 1. The highest BCUT2D eigenvalue weighted by molar-refractivity contribution is 7.15. The van der Waals surface area contributed by atoms with Crippen LogP contribution in [-0.4, -0.2) is 42.0 Å². The number of fused-ring (bicyclic) bond motifs is 1. The zero-order valence-corrected chi connectivity index (χ0v) is 19.1. The van der Waals surface area contributed by atoms with Crippen LogP contribution in [0.1, 0.15) is 19.4 Å². The van der Waals surface area contributed by atoms with E-state index in [0.29, 0.717) is 51.5 Å². The highest BCUT2D eigenvalue weighted by Gasteiger charge is 2.14. The number of hydrogen-bond donors (Lipinski definition) is 0. The van der Waals surface area contributed by atoms with Gasteiger partial charge in [-0.15, -0.1) is 5.10 Å². The molecule has 0 aliphatic rings. The molecule has 2 aromatic heterocycles. The minimum absolute atomic E-state index is 0.226. The molecule has 0 radical (unpaired) electrons. The molecular weight excluding hydrogens is 430 g/mol. The molecule has 32 heavy (non-hydrogen) atoms. The molecule has 0 saturated heterocycles. The van der Waals surface area contributed by atoms with E-state index in [1.165, 1.54) is 15.9 Å². The predicted molar refractivity (Wildman–Crippen MR) is 123 cm³/mol. The largest absolute Gasteiger partial charge is 0.493 e. The molecule has 0 spiro atoms. The third-order valence-electron chi connectivity index (χ3n) is 4.69. The lowest BCUT2D eigenvalue weighted by Gasteiger charge is -2.11. The summed E-state index contributed by atoms with van der Waals surface area (Å²) in [5.41, 5.74) is 1.34. The molecule has 0 fully saturated rings. The standard InChI is InChI=1S/C23H23N3O5S/c1-5-30-17-9-7-14(11-19(17)31-6-2)12-20-22(27)26-23(32-20)24-21(25-26)15-8-10-16(28-3)18(13-15)29-4/h7-13H,5-6H2,1-4H3/b20-12-. The van der Waals surface area contributed by atoms with E-state index < -0.39 is 0 Å². The second kappa shape index (κ2) is 9.27. The Balaban J connectivity index is 1.72. The van der Waals surface area contributed by atoms with Crippen molar-refractivity contribution in [2.45, 2.75) is 13.8 Å². The molecule has 0 unspecified atom stereocenters. The number of benzene rings is 2. The SMILES string of the molecule is CCOc1ccc(/C=c2\sc3nc(-c4ccc(OC)c(OC)c4)nn3c2=O)cc1OCC. The van der Waals surface area contributed by atoms with E-state index >= 15 is 0 Å². The Morgan fingerprint density at radius 2 is 1.66 bits per heavy atom. The van der Waals surface area contributed by atoms with Crippen molar-refractivity contribution in [2.75, 3.05) is 27.4 Å². The van der Waals surface area contributed by atoms with Gasteiger partial charge in [0.05, 0.1) is 32.0 Å². The summed E-state index contributed by atoms with van der Waals surface area (Å²) in [6.07, 6.45) is 1.80. The van der Waals surface area contributed by atoms with Crippen LogP contribution in [0.15, 0.2) is 41.2 Å². The van der Waals surface area contributed by atoms with Crippen molar-refractivity contribution < 1.29 is 18.9 Å². The second-order valence-electron chi connectivity index (χ2n) is 6.69. The first-order chi connectivity index (χ1) is 15.6. The minimum Gasteiger partial charge on any atom is -0.493 e. The number of nitrogens with zero attached hydrogens (tertiary/aromatic N) is 3. The van der Waals surface area contributed by atoms with Gasteiger partial charge in [0.2, 0.25) is 4.96 Å². The molecule has 2 aromatic carbocycles. The van der Waals surface area contributed by atoms with E-state index in [0.717, 1.165) is 11.1 Å². The Kier molecular flexibility index (Phi) is 6.27. The van der Waals surface area contributed by atoms with Gasteiger partial charge in [-0.1, -0.05) is 17.4 Å². The van der Waals surface area contributed by atoms with Gasteiger partial charge in [0.25, 0.3) is 5.56 Å². The first-order valence-corrected chi connectivity index (χ1v) is 10.9. The fourth-order valence-electron chi connectivity index (χ4n) is 3.24. The fourth-order valence-corrected chi connectivity index (χ4v) is 4.15. The monoisotopic (exact) mass is 453 g/mol. The van der Waals surface area contributed by atoms with E-state index in [9.17, 15) is 4.79 Å². The van der Waals surface area contributed by atoms with Crippen LogP contribution in [-0.2, 0) is 0 Å². The maximum atomic E-state index is 12.9. The third kappa shape index (κ3) is 4.11. The van der Waals surface area contributed by atoms with Crippen LogP contribution in [0.2, 0.25) is 0 Å². The summed E-state index contributed by atoms with van der Waals surface area (Å²) in [4.78, 5) is 18.0. The van der Waals surface area contributed by atoms with Gasteiger partial charge in [-0.25, -0.2) is 0 Å². The van der Waals surface area contributed by atoms with Gasteiger partial charge >= 0.3 is 0 Å². The molecule has 4 aromatic rings. The summed E-state index contributed by atoms with van der Waals surface area (Å²) >= 11 is 1.28. The van der Waals surface area contributed by atoms with Crippen molar-refractivity contribution in [3.63, 3.8) is 0 Å². The van der Waals surface area contributed by atoms with E-state index in [4.69, 9.17) is 18.9 Å². The Morgan fingerprint density at radius 3 is 2.34 bits per heavy atom. The smallest absolute Gasteiger partial charge is 0.291 e. The molecule has 4 rings (SSSR count). The van der Waals surface area contributed by atoms with Gasteiger partial charge in [0.15, 0.2) is 28.8 Å². The van der Waals surface area contributed by atoms with Crippen LogP contribution in [0.4, 0.5) is 0 Å². The molecule has 9 heteroatoms. The second-order valence-corrected chi connectivity index (χ2v) is 7.70. The van der Waals surface area contributed by atoms with Crippen LogP contribution >= 0.6 is 11.3 Å². The van der Waals surface area contributed by atoms with Gasteiger partial charge in [0, 0.05) is 5.56 Å². The zero-order valence-electron chi connectivity index (χ0n) is 18.2. The highest BCUT2D eigenvalue weighted by Crippen LogP contribution is 2.31. The van der Waals surface area contributed by atoms with Gasteiger partial charge in [-0.2, -0.15) is 9.50 Å². The van der Waals surface area contributed by atoms with Crippen LogP contribution in [0.3, 0.4) is 0 Å². The van der Waals surface area contributed by atoms with Crippen molar-refractivity contribution in [3.8, 4) is 34.4 Å². The topological polar surface area (TPSA) is 84.2 Å². The van der Waals surface area contributed by atoms with Crippen molar-refractivity contribution in [2.24, 2.45) is 0 Å². The summed E-state index contributed by atoms with van der Waals surface area (Å²) in [7, 11) is 3.14. The van der Waals surface area contributed by atoms with E-state index in [1.54, 1.807) is 32.4 Å². The van der Waals surface area contributed by atoms with Crippen molar-refractivity contribution >= 4 is 22.4 Å². The Morgan fingerprint density at radius 1 is 0.938 bits per heavy atom. The minimum atomic E-state index is -0.226. The highest BCUT2D eigenvalue weighted by atomic mass is 32.1. The molecule has 0 atom stereocenters. The fraction of sp³-hybridized carbons (Fsp3) is 0.261. The maximum absolute atomic E-state index is 12.9. The molecule has 0 aliphatic heterocycles. The van der Waals surface area contributed by atoms with Crippen molar-refractivity contribution in [1.29, 1.82) is 0 Å². The lowest BCUT2D eigenvalue weighted by molar-refractivity contribution is 0.287. The summed E-state index contributed by atoms with van der Waals surface area (Å²) in [5.74, 6) is 2.95. The summed E-state index contributed by atoms with van der Waals surface area (Å²) in [6, 6.07) is 11.0. The van der Waals surface area contributed by atoms with Gasteiger partial charge < -0.3 is 18.9 Å². The van der Waals surface area contributed by atoms with Crippen LogP contribution in [0.25, 0.3) is 22.4 Å². The van der Waals surface area contributed by atoms with Gasteiger partial charge in [0.1, 0.15) is 0 Å². The number of ether oxygens (including phenoxy) is 4. The first kappa shape index (κ1) is 21.6. The van der Waals surface area contributed by atoms with E-state index in [-0.39, 0.29) is 5.56 Å². The molecule has 8 nitrogen and oxygen atoms in total. The van der Waals surface area contributed by atoms with Crippen LogP contribution in [0.5, 0.6) is 23.0 Å². The Labute approximate surface area is 188 Å². The van der Waals surface area contributed by atoms with Crippen molar-refractivity contribution in [3.05, 3.63) is 56.8 Å². The summed E-state index contributed by atoms with van der Waals surface area (Å²) < 4.78 is 23.7. The molecule has 166 valence electrons. The lowest BCUT2D eigenvalue weighted by atomic mass is 10.2. The number of aromatic nitrogens is 3. The molecule has 2 heterocycles. The molecule has 0 N–H and O–H groups in total. The molecule has 0 saturated carbocycles. The quantitative estimate of drug-likeness (QED) is 0.405. The van der Waals surface area contributed by atoms with Crippen LogP contribution < -0.4 is 29.0 Å². The average Bonchev–Trinajstić information content (AvgIpc) is 3.34. The average molecular weight is 454 g/mol. The predicted octanol–water partition coefficient (Wildman–Crippen LogP) is 3.18. The molecule has 0 aliphatic carbocycles. The number of methoxy groups -OCH3 is 2. The maximum Gasteiger partial charge on any atom is 0.291 e. The van der Waals surface area contributed by atoms with Crippen molar-refractivity contribution in [1.82, 2.24) is 14.6 Å². The Bertz CT molecular complexity index is 1360. The van der Waals surface area contributed by atoms with Crippen LogP contribution in [0, 0.1) is 0 Å². The van der Waals surface area contributed by atoms with Gasteiger partial charge in [-0.3, -0.25) is 4.79 Å². The summed E-state index contributed by atoms with van der Waals surface area (Å²) in [6.45, 7) is 4.90. The lowest BCUT2D eigenvalue weighted by Crippen LogP contribution is -2.23. The summed E-state index contributed by atoms with van der Waals surface area (Å²) in [5, 5.41) is 4.40. The molecular formula is C23H23N3O5S. The van der Waals surface area contributed by atoms with Gasteiger partial charge in [-0.05, 0) is 55.8 Å². The Hall–Kier alpha value is -3.59. The number of rotatable bonds is 8. The van der Waals surface area contributed by atoms with E-state index in [1.807, 2.05) is 38.1 Å². The van der Waals surface area contributed by atoms with E-state index in [2.05, 4.69) is 10.1 Å². The molecule has 0 amide bonds. The molecule has 0 bridgehead atoms.